The summed E-state index contributed by atoms with van der Waals surface area (Å²) >= 11 is 0. The number of imidazole rings is 1. The third-order valence-electron chi connectivity index (χ3n) is 8.35. The Bertz CT molecular complexity index is 2120. The second-order valence-electron chi connectivity index (χ2n) is 11.5. The first-order valence-electron chi connectivity index (χ1n) is 15.6. The van der Waals surface area contributed by atoms with Gasteiger partial charge in [0.25, 0.3) is 0 Å². The molecule has 2 aromatic carbocycles. The van der Waals surface area contributed by atoms with Crippen LogP contribution in [0.15, 0.2) is 95.9 Å². The fraction of sp³-hybridized carbons (Fsp3) is 0.158. The van der Waals surface area contributed by atoms with Crippen molar-refractivity contribution in [3.05, 3.63) is 125 Å². The van der Waals surface area contributed by atoms with Crippen LogP contribution in [-0.2, 0) is 12.8 Å². The Labute approximate surface area is 276 Å². The summed E-state index contributed by atoms with van der Waals surface area (Å²) in [4.78, 5) is 37.4. The van der Waals surface area contributed by atoms with Gasteiger partial charge in [-0.2, -0.15) is 10.5 Å². The van der Waals surface area contributed by atoms with Crippen LogP contribution in [0.25, 0.3) is 39.8 Å². The summed E-state index contributed by atoms with van der Waals surface area (Å²) in [7, 11) is 0. The molecular formula is C38H27N7O3. The lowest BCUT2D eigenvalue weighted by Crippen LogP contribution is -2.13. The third kappa shape index (κ3) is 6.15. The molecule has 0 aliphatic heterocycles. The van der Waals surface area contributed by atoms with Crippen molar-refractivity contribution in [3.8, 4) is 51.9 Å². The van der Waals surface area contributed by atoms with Crippen LogP contribution >= 0.6 is 0 Å². The Balaban J connectivity index is 0.000000152. The topological polar surface area (TPSA) is 151 Å². The van der Waals surface area contributed by atoms with Crippen LogP contribution in [-0.4, -0.2) is 36.2 Å². The number of aryl methyl sites for hydroxylation is 2. The predicted molar refractivity (Wildman–Crippen MR) is 176 cm³/mol. The second-order valence-corrected chi connectivity index (χ2v) is 11.5. The molecule has 0 amide bonds. The van der Waals surface area contributed by atoms with E-state index in [1.54, 1.807) is 42.7 Å². The minimum atomic E-state index is 0.157. The van der Waals surface area contributed by atoms with Crippen molar-refractivity contribution in [2.45, 2.75) is 38.5 Å². The molecule has 8 rings (SSSR count). The van der Waals surface area contributed by atoms with Crippen molar-refractivity contribution >= 4 is 11.6 Å². The third-order valence-corrected chi connectivity index (χ3v) is 8.35. The molecule has 0 unspecified atom stereocenters. The van der Waals surface area contributed by atoms with Gasteiger partial charge in [0, 0.05) is 47.4 Å². The number of hydrogen-bond acceptors (Lipinski definition) is 9. The van der Waals surface area contributed by atoms with Gasteiger partial charge in [0.1, 0.15) is 17.8 Å². The van der Waals surface area contributed by atoms with E-state index < -0.39 is 0 Å². The van der Waals surface area contributed by atoms with E-state index in [0.717, 1.165) is 70.8 Å². The molecule has 48 heavy (non-hydrogen) atoms. The van der Waals surface area contributed by atoms with Crippen LogP contribution in [0.1, 0.15) is 68.9 Å². The maximum atomic E-state index is 11.9. The van der Waals surface area contributed by atoms with Gasteiger partial charge in [-0.1, -0.05) is 29.4 Å². The van der Waals surface area contributed by atoms with E-state index in [2.05, 4.69) is 32.2 Å². The Hall–Kier alpha value is -6.52. The molecule has 2 aliphatic rings. The molecule has 4 heterocycles. The first kappa shape index (κ1) is 30.2. The molecule has 0 saturated heterocycles. The van der Waals surface area contributed by atoms with Crippen LogP contribution in [0.3, 0.4) is 0 Å². The van der Waals surface area contributed by atoms with Crippen molar-refractivity contribution in [3.63, 3.8) is 0 Å². The average molecular weight is 630 g/mol. The van der Waals surface area contributed by atoms with Gasteiger partial charge in [-0.05, 0) is 74.2 Å². The average Bonchev–Trinajstić information content (AvgIpc) is 3.84. The highest BCUT2D eigenvalue weighted by molar-refractivity contribution is 5.98. The quantitative estimate of drug-likeness (QED) is 0.198. The first-order chi connectivity index (χ1) is 23.5. The van der Waals surface area contributed by atoms with E-state index in [9.17, 15) is 9.59 Å². The standard InChI is InChI=1S/C19H14N4O.C19H13N3O2/c20-10-13-3-1-4-14(9-13)17-11-23(12-21-17)19-8-7-15-16(22-19)5-2-6-18(15)24;20-11-12-3-1-4-13(9-12)19-10-17(22-24-19)16-8-7-14-15(21-16)5-2-6-18(14)23/h1,3-4,7-9,11-12H,2,5-6H2;1,3-4,7-10H,2,5-6H2. The Morgan fingerprint density at radius 1 is 0.667 bits per heavy atom. The summed E-state index contributed by atoms with van der Waals surface area (Å²) in [5.74, 6) is 1.66. The van der Waals surface area contributed by atoms with Gasteiger partial charge in [-0.25, -0.2) is 9.97 Å². The summed E-state index contributed by atoms with van der Waals surface area (Å²) in [6.45, 7) is 0. The second kappa shape index (κ2) is 13.1. The Morgan fingerprint density at radius 2 is 1.31 bits per heavy atom. The fourth-order valence-electron chi connectivity index (χ4n) is 5.89. The van der Waals surface area contributed by atoms with Gasteiger partial charge in [0.2, 0.25) is 0 Å². The molecule has 0 radical (unpaired) electrons. The smallest absolute Gasteiger partial charge is 0.167 e. The summed E-state index contributed by atoms with van der Waals surface area (Å²) in [5.41, 5.74) is 8.10. The van der Waals surface area contributed by atoms with E-state index in [4.69, 9.17) is 15.0 Å². The zero-order valence-electron chi connectivity index (χ0n) is 25.8. The van der Waals surface area contributed by atoms with Gasteiger partial charge in [0.05, 0.1) is 46.0 Å². The maximum absolute atomic E-state index is 11.9. The van der Waals surface area contributed by atoms with Gasteiger partial charge < -0.3 is 4.52 Å². The number of fused-ring (bicyclic) bond motifs is 2. The van der Waals surface area contributed by atoms with E-state index in [1.165, 1.54) is 0 Å². The number of aromatic nitrogens is 5. The van der Waals surface area contributed by atoms with Gasteiger partial charge in [-0.3, -0.25) is 19.1 Å². The molecular weight excluding hydrogens is 602 g/mol. The zero-order chi connectivity index (χ0) is 33.0. The van der Waals surface area contributed by atoms with Crippen LogP contribution in [0.5, 0.6) is 0 Å². The molecule has 0 spiro atoms. The van der Waals surface area contributed by atoms with Crippen molar-refractivity contribution in [1.29, 1.82) is 10.5 Å². The largest absolute Gasteiger partial charge is 0.356 e. The van der Waals surface area contributed by atoms with Gasteiger partial charge >= 0.3 is 0 Å². The van der Waals surface area contributed by atoms with Gasteiger partial charge in [0.15, 0.2) is 17.3 Å². The Kier molecular flexibility index (Phi) is 8.21. The lowest BCUT2D eigenvalue weighted by atomic mass is 9.94. The molecule has 0 fully saturated rings. The number of Topliss-reactive ketones (excluding diaryl/α,β-unsaturated/α-hetero) is 2. The molecule has 0 bridgehead atoms. The fourth-order valence-corrected chi connectivity index (χ4v) is 5.89. The van der Waals surface area contributed by atoms with Crippen molar-refractivity contribution in [1.82, 2.24) is 24.7 Å². The highest BCUT2D eigenvalue weighted by Gasteiger charge is 2.21. The Morgan fingerprint density at radius 3 is 2.02 bits per heavy atom. The number of carbonyl (C=O) groups is 2. The molecule has 232 valence electrons. The van der Waals surface area contributed by atoms with Crippen molar-refractivity contribution in [2.24, 2.45) is 0 Å². The number of benzene rings is 2. The van der Waals surface area contributed by atoms with E-state index in [1.807, 2.05) is 53.2 Å². The molecule has 6 aromatic rings. The number of hydrogen-bond donors (Lipinski definition) is 0. The highest BCUT2D eigenvalue weighted by atomic mass is 16.5. The summed E-state index contributed by atoms with van der Waals surface area (Å²) in [5, 5.41) is 22.1. The maximum Gasteiger partial charge on any atom is 0.167 e. The predicted octanol–water partition coefficient (Wildman–Crippen LogP) is 7.12. The molecule has 2 aliphatic carbocycles. The normalized spacial score (nSPS) is 13.4. The minimum Gasteiger partial charge on any atom is -0.356 e. The SMILES string of the molecule is N#Cc1cccc(-c2cc(-c3ccc4c(n3)CCCC4=O)no2)c1.N#Cc1cccc(-c2cn(-c3ccc4c(n3)CCCC4=O)cn2)c1. The summed E-state index contributed by atoms with van der Waals surface area (Å²) in [6.07, 6.45) is 8.13. The minimum absolute atomic E-state index is 0.157. The molecule has 4 aromatic heterocycles. The summed E-state index contributed by atoms with van der Waals surface area (Å²) < 4.78 is 7.24. The number of nitrogens with zero attached hydrogens (tertiary/aromatic N) is 7. The van der Waals surface area contributed by atoms with Crippen molar-refractivity contribution < 1.29 is 14.1 Å². The van der Waals surface area contributed by atoms with E-state index in [0.29, 0.717) is 41.1 Å². The van der Waals surface area contributed by atoms with Crippen LogP contribution < -0.4 is 0 Å². The number of carbonyl (C=O) groups excluding carboxylic acids is 2. The van der Waals surface area contributed by atoms with Gasteiger partial charge in [-0.15, -0.1) is 0 Å². The number of rotatable bonds is 4. The monoisotopic (exact) mass is 629 g/mol. The lowest BCUT2D eigenvalue weighted by Gasteiger charge is -2.14. The number of ketones is 2. The molecule has 0 saturated carbocycles. The zero-order valence-corrected chi connectivity index (χ0v) is 25.8. The van der Waals surface area contributed by atoms with Crippen LogP contribution in [0.2, 0.25) is 0 Å². The van der Waals surface area contributed by atoms with Crippen molar-refractivity contribution in [2.75, 3.05) is 0 Å². The highest BCUT2D eigenvalue weighted by Crippen LogP contribution is 2.28. The molecule has 10 heteroatoms. The first-order valence-corrected chi connectivity index (χ1v) is 15.6. The van der Waals surface area contributed by atoms with E-state index >= 15 is 0 Å². The molecule has 0 N–H and O–H groups in total. The number of nitriles is 2. The van der Waals surface area contributed by atoms with Crippen LogP contribution in [0.4, 0.5) is 0 Å². The molecule has 0 atom stereocenters. The lowest BCUT2D eigenvalue weighted by molar-refractivity contribution is 0.0963. The number of pyridine rings is 2. The molecule has 10 nitrogen and oxygen atoms in total. The summed E-state index contributed by atoms with van der Waals surface area (Å²) in [6, 6.07) is 27.9. The van der Waals surface area contributed by atoms with E-state index in [-0.39, 0.29) is 11.6 Å². The van der Waals surface area contributed by atoms with Crippen LogP contribution in [0, 0.1) is 22.7 Å².